The maximum absolute atomic E-state index is 12.8. The average molecular weight is 499 g/mol. The zero-order valence-electron chi connectivity index (χ0n) is 19.2. The van der Waals surface area contributed by atoms with Crippen molar-refractivity contribution in [2.75, 3.05) is 36.7 Å². The van der Waals surface area contributed by atoms with Crippen molar-refractivity contribution < 1.29 is 33.0 Å². The van der Waals surface area contributed by atoms with Gasteiger partial charge in [0, 0.05) is 31.0 Å². The molecule has 9 nitrogen and oxygen atoms in total. The summed E-state index contributed by atoms with van der Waals surface area (Å²) in [6.45, 7) is -0.758. The number of para-hydroxylation sites is 1. The lowest BCUT2D eigenvalue weighted by Gasteiger charge is -2.23. The number of rotatable bonds is 10. The van der Waals surface area contributed by atoms with Crippen LogP contribution in [0.25, 0.3) is 0 Å². The van der Waals surface area contributed by atoms with Crippen LogP contribution < -0.4 is 15.0 Å². The van der Waals surface area contributed by atoms with Crippen molar-refractivity contribution >= 4 is 33.1 Å². The number of nitrogens with one attached hydrogen (secondary N) is 1. The van der Waals surface area contributed by atoms with Crippen LogP contribution in [-0.2, 0) is 14.6 Å². The highest BCUT2D eigenvalue weighted by Crippen LogP contribution is 2.22. The van der Waals surface area contributed by atoms with E-state index in [0.29, 0.717) is 17.0 Å². The van der Waals surface area contributed by atoms with Crippen LogP contribution in [0.15, 0.2) is 83.8 Å². The molecule has 10 heteroatoms. The molecular formula is C25H26N2O7S. The largest absolute Gasteiger partial charge is 0.490 e. The van der Waals surface area contributed by atoms with E-state index in [1.54, 1.807) is 54.6 Å². The fraction of sp³-hybridized carbons (Fsp3) is 0.200. The SMILES string of the molecule is CN(C)c1ccc(C(=O)Nc2ccc(S(=O)(=O)CC(O)(COc3ccccc3)C(=O)O)cc2)cc1. The van der Waals surface area contributed by atoms with E-state index >= 15 is 0 Å². The molecule has 0 heterocycles. The Kier molecular flexibility index (Phi) is 7.78. The van der Waals surface area contributed by atoms with Crippen molar-refractivity contribution in [2.45, 2.75) is 10.5 Å². The van der Waals surface area contributed by atoms with Gasteiger partial charge in [0.05, 0.1) is 10.6 Å². The third-order valence-corrected chi connectivity index (χ3v) is 7.01. The molecule has 0 saturated carbocycles. The lowest BCUT2D eigenvalue weighted by atomic mass is 10.1. The molecule has 35 heavy (non-hydrogen) atoms. The van der Waals surface area contributed by atoms with Crippen LogP contribution in [0.5, 0.6) is 5.75 Å². The summed E-state index contributed by atoms with van der Waals surface area (Å²) in [5.74, 6) is -2.89. The van der Waals surface area contributed by atoms with Crippen LogP contribution in [0.4, 0.5) is 11.4 Å². The number of hydrogen-bond donors (Lipinski definition) is 3. The second-order valence-corrected chi connectivity index (χ2v) is 10.1. The molecule has 0 aliphatic heterocycles. The number of carbonyl (C=O) groups is 2. The Labute approximate surface area is 203 Å². The molecule has 3 rings (SSSR count). The number of benzene rings is 3. The highest BCUT2D eigenvalue weighted by molar-refractivity contribution is 7.91. The Morgan fingerprint density at radius 3 is 2.09 bits per heavy atom. The molecule has 0 aliphatic rings. The number of carboxylic acids is 1. The van der Waals surface area contributed by atoms with Gasteiger partial charge in [-0.1, -0.05) is 18.2 Å². The van der Waals surface area contributed by atoms with Crippen LogP contribution in [-0.4, -0.2) is 62.6 Å². The van der Waals surface area contributed by atoms with E-state index in [1.807, 2.05) is 19.0 Å². The molecule has 3 N–H and O–H groups in total. The lowest BCUT2D eigenvalue weighted by Crippen LogP contribution is -2.50. The summed E-state index contributed by atoms with van der Waals surface area (Å²) >= 11 is 0. The van der Waals surface area contributed by atoms with Crippen LogP contribution in [0.2, 0.25) is 0 Å². The molecule has 0 aromatic heterocycles. The molecule has 1 unspecified atom stereocenters. The summed E-state index contributed by atoms with van der Waals surface area (Å²) in [6.07, 6.45) is 0. The van der Waals surface area contributed by atoms with Gasteiger partial charge in [-0.2, -0.15) is 0 Å². The van der Waals surface area contributed by atoms with E-state index in [0.717, 1.165) is 5.69 Å². The van der Waals surface area contributed by atoms with Crippen LogP contribution in [0.3, 0.4) is 0 Å². The highest BCUT2D eigenvalue weighted by atomic mass is 32.2. The van der Waals surface area contributed by atoms with E-state index in [4.69, 9.17) is 4.74 Å². The Balaban J connectivity index is 1.69. The Morgan fingerprint density at radius 2 is 1.54 bits per heavy atom. The topological polar surface area (TPSA) is 133 Å². The standard InChI is InChI=1S/C25H26N2O7S/c1-27(2)20-12-8-18(9-13-20)23(28)26-19-10-14-22(15-11-19)35(32,33)17-25(31,24(29)30)16-34-21-6-4-3-5-7-21/h3-15,31H,16-17H2,1-2H3,(H,26,28)(H,29,30). The van der Waals surface area contributed by atoms with E-state index in [1.165, 1.54) is 24.3 Å². The second-order valence-electron chi connectivity index (χ2n) is 8.12. The van der Waals surface area contributed by atoms with E-state index in [2.05, 4.69) is 5.32 Å². The number of aliphatic carboxylic acids is 1. The van der Waals surface area contributed by atoms with Gasteiger partial charge in [0.1, 0.15) is 12.4 Å². The van der Waals surface area contributed by atoms with Crippen molar-refractivity contribution in [1.29, 1.82) is 0 Å². The van der Waals surface area contributed by atoms with Gasteiger partial charge in [-0.05, 0) is 60.7 Å². The summed E-state index contributed by atoms with van der Waals surface area (Å²) in [5, 5.41) is 22.7. The predicted molar refractivity (Wildman–Crippen MR) is 132 cm³/mol. The first kappa shape index (κ1) is 25.7. The minimum atomic E-state index is -4.21. The monoisotopic (exact) mass is 498 g/mol. The maximum Gasteiger partial charge on any atom is 0.340 e. The first-order valence-electron chi connectivity index (χ1n) is 10.6. The van der Waals surface area contributed by atoms with Gasteiger partial charge in [0.25, 0.3) is 5.91 Å². The minimum absolute atomic E-state index is 0.203. The van der Waals surface area contributed by atoms with Gasteiger partial charge >= 0.3 is 5.97 Å². The summed E-state index contributed by atoms with van der Waals surface area (Å²) < 4.78 is 31.0. The summed E-state index contributed by atoms with van der Waals surface area (Å²) in [6, 6.07) is 20.4. The summed E-state index contributed by atoms with van der Waals surface area (Å²) in [5.41, 5.74) is -0.948. The molecule has 3 aromatic carbocycles. The van der Waals surface area contributed by atoms with Crippen molar-refractivity contribution in [2.24, 2.45) is 0 Å². The quantitative estimate of drug-likeness (QED) is 0.389. The van der Waals surface area contributed by atoms with Crippen molar-refractivity contribution in [1.82, 2.24) is 0 Å². The number of sulfone groups is 1. The smallest absolute Gasteiger partial charge is 0.340 e. The number of carboxylic acid groups (broad SMARTS) is 1. The number of aliphatic hydroxyl groups is 1. The summed E-state index contributed by atoms with van der Waals surface area (Å²) in [7, 11) is -0.431. The minimum Gasteiger partial charge on any atom is -0.490 e. The fourth-order valence-corrected chi connectivity index (χ4v) is 4.70. The first-order chi connectivity index (χ1) is 16.5. The highest BCUT2D eigenvalue weighted by Gasteiger charge is 2.42. The molecule has 0 bridgehead atoms. The summed E-state index contributed by atoms with van der Waals surface area (Å²) in [4.78, 5) is 25.8. The Hall–Kier alpha value is -3.89. The van der Waals surface area contributed by atoms with Crippen LogP contribution in [0, 0.1) is 0 Å². The molecule has 184 valence electrons. The van der Waals surface area contributed by atoms with E-state index < -0.39 is 33.8 Å². The number of hydrogen-bond acceptors (Lipinski definition) is 7. The van der Waals surface area contributed by atoms with Gasteiger partial charge in [-0.3, -0.25) is 4.79 Å². The van der Waals surface area contributed by atoms with Crippen molar-refractivity contribution in [3.05, 3.63) is 84.4 Å². The zero-order valence-corrected chi connectivity index (χ0v) is 20.0. The third-order valence-electron chi connectivity index (χ3n) is 5.16. The Bertz CT molecular complexity index is 1280. The van der Waals surface area contributed by atoms with Gasteiger partial charge in [-0.15, -0.1) is 0 Å². The predicted octanol–water partition coefficient (Wildman–Crippen LogP) is 2.67. The molecule has 3 aromatic rings. The number of nitrogens with zero attached hydrogens (tertiary/aromatic N) is 1. The number of anilines is 2. The average Bonchev–Trinajstić information content (AvgIpc) is 2.83. The van der Waals surface area contributed by atoms with Gasteiger partial charge in [0.15, 0.2) is 9.84 Å². The van der Waals surface area contributed by atoms with Crippen molar-refractivity contribution in [3.63, 3.8) is 0 Å². The van der Waals surface area contributed by atoms with Crippen molar-refractivity contribution in [3.8, 4) is 5.75 Å². The van der Waals surface area contributed by atoms with Gasteiger partial charge < -0.3 is 25.2 Å². The van der Waals surface area contributed by atoms with Crippen LogP contribution in [0.1, 0.15) is 10.4 Å². The molecule has 1 atom stereocenters. The van der Waals surface area contributed by atoms with E-state index in [9.17, 15) is 28.2 Å². The molecule has 0 saturated heterocycles. The number of amides is 1. The molecule has 0 spiro atoms. The Morgan fingerprint density at radius 1 is 0.943 bits per heavy atom. The number of carbonyl (C=O) groups excluding carboxylic acids is 1. The fourth-order valence-electron chi connectivity index (χ4n) is 3.14. The maximum atomic E-state index is 12.8. The second kappa shape index (κ2) is 10.6. The molecule has 1 amide bonds. The van der Waals surface area contributed by atoms with Crippen LogP contribution >= 0.6 is 0 Å². The van der Waals surface area contributed by atoms with Gasteiger partial charge in [-0.25, -0.2) is 13.2 Å². The first-order valence-corrected chi connectivity index (χ1v) is 12.2. The lowest BCUT2D eigenvalue weighted by molar-refractivity contribution is -0.158. The zero-order chi connectivity index (χ0) is 25.6. The molecule has 0 aliphatic carbocycles. The number of ether oxygens (including phenoxy) is 1. The van der Waals surface area contributed by atoms with E-state index in [-0.39, 0.29) is 10.8 Å². The normalized spacial score (nSPS) is 12.9. The molecular weight excluding hydrogens is 472 g/mol. The molecule has 0 fully saturated rings. The molecule has 0 radical (unpaired) electrons. The van der Waals surface area contributed by atoms with Gasteiger partial charge in [0.2, 0.25) is 5.60 Å². The third kappa shape index (κ3) is 6.58.